The maximum absolute atomic E-state index is 12.1. The van der Waals surface area contributed by atoms with Crippen LogP contribution in [0.3, 0.4) is 0 Å². The van der Waals surface area contributed by atoms with Crippen LogP contribution in [-0.2, 0) is 4.79 Å². The molecule has 0 aromatic rings. The van der Waals surface area contributed by atoms with Gasteiger partial charge in [-0.1, -0.05) is 19.3 Å². The molecule has 0 heterocycles. The molecule has 108 valence electrons. The van der Waals surface area contributed by atoms with Crippen LogP contribution < -0.4 is 10.6 Å². The number of rotatable bonds is 3. The number of urea groups is 1. The van der Waals surface area contributed by atoms with E-state index in [1.807, 2.05) is 0 Å². The number of carboxylic acids is 1. The number of amides is 2. The van der Waals surface area contributed by atoms with Crippen molar-refractivity contribution in [3.05, 3.63) is 0 Å². The van der Waals surface area contributed by atoms with Gasteiger partial charge in [0.15, 0.2) is 0 Å². The van der Waals surface area contributed by atoms with Crippen LogP contribution in [0, 0.1) is 5.41 Å². The molecule has 3 N–H and O–H groups in total. The standard InChI is InChI=1S/C14H24N2O3/c1-13(7-3-4-8-13)16-12(19)15-10-6-5-9-14(10,2)11(17)18/h10H,3-9H2,1-2H3,(H,17,18)(H2,15,16,19). The van der Waals surface area contributed by atoms with Crippen LogP contribution in [0.15, 0.2) is 0 Å². The molecule has 2 saturated carbocycles. The van der Waals surface area contributed by atoms with Crippen molar-refractivity contribution in [2.75, 3.05) is 0 Å². The van der Waals surface area contributed by atoms with Crippen molar-refractivity contribution in [2.24, 2.45) is 5.41 Å². The monoisotopic (exact) mass is 268 g/mol. The highest BCUT2D eigenvalue weighted by atomic mass is 16.4. The van der Waals surface area contributed by atoms with Gasteiger partial charge in [-0.2, -0.15) is 0 Å². The van der Waals surface area contributed by atoms with Gasteiger partial charge in [-0.15, -0.1) is 0 Å². The molecule has 2 atom stereocenters. The Bertz CT molecular complexity index is 377. The summed E-state index contributed by atoms with van der Waals surface area (Å²) in [4.78, 5) is 23.4. The maximum atomic E-state index is 12.1. The fourth-order valence-corrected chi connectivity index (χ4v) is 3.40. The van der Waals surface area contributed by atoms with E-state index in [1.54, 1.807) is 6.92 Å². The van der Waals surface area contributed by atoms with Crippen molar-refractivity contribution in [3.63, 3.8) is 0 Å². The molecule has 0 aromatic carbocycles. The molecular weight excluding hydrogens is 244 g/mol. The third-order valence-corrected chi connectivity index (χ3v) is 4.87. The molecule has 2 rings (SSSR count). The molecule has 0 radical (unpaired) electrons. The Hall–Kier alpha value is -1.26. The first kappa shape index (κ1) is 14.2. The van der Waals surface area contributed by atoms with E-state index in [-0.39, 0.29) is 17.6 Å². The van der Waals surface area contributed by atoms with Gasteiger partial charge in [0.2, 0.25) is 0 Å². The van der Waals surface area contributed by atoms with Gasteiger partial charge < -0.3 is 15.7 Å². The summed E-state index contributed by atoms with van der Waals surface area (Å²) in [5.74, 6) is -0.817. The van der Waals surface area contributed by atoms with E-state index in [0.717, 1.165) is 38.5 Å². The van der Waals surface area contributed by atoms with E-state index >= 15 is 0 Å². The van der Waals surface area contributed by atoms with Gasteiger partial charge in [0, 0.05) is 11.6 Å². The fraction of sp³-hybridized carbons (Fsp3) is 0.857. The summed E-state index contributed by atoms with van der Waals surface area (Å²) >= 11 is 0. The summed E-state index contributed by atoms with van der Waals surface area (Å²) in [5.41, 5.74) is -0.948. The molecular formula is C14H24N2O3. The molecule has 0 aromatic heterocycles. The molecule has 0 saturated heterocycles. The molecule has 2 fully saturated rings. The van der Waals surface area contributed by atoms with Crippen LogP contribution in [0.25, 0.3) is 0 Å². The molecule has 0 bridgehead atoms. The number of hydrogen-bond acceptors (Lipinski definition) is 2. The third-order valence-electron chi connectivity index (χ3n) is 4.87. The van der Waals surface area contributed by atoms with Gasteiger partial charge in [0.05, 0.1) is 5.41 Å². The molecule has 0 spiro atoms. The summed E-state index contributed by atoms with van der Waals surface area (Å²) in [6, 6.07) is -0.487. The van der Waals surface area contributed by atoms with Crippen molar-refractivity contribution in [2.45, 2.75) is 70.4 Å². The Labute approximate surface area is 114 Å². The minimum atomic E-state index is -0.825. The number of aliphatic carboxylic acids is 1. The lowest BCUT2D eigenvalue weighted by molar-refractivity contribution is -0.148. The molecule has 5 nitrogen and oxygen atoms in total. The fourth-order valence-electron chi connectivity index (χ4n) is 3.40. The Morgan fingerprint density at radius 3 is 2.32 bits per heavy atom. The molecule has 0 aliphatic heterocycles. The number of hydrogen-bond donors (Lipinski definition) is 3. The minimum absolute atomic E-state index is 0.123. The molecule has 2 aliphatic carbocycles. The number of nitrogens with one attached hydrogen (secondary N) is 2. The SMILES string of the molecule is CC1(NC(=O)NC2CCCC2(C)C(=O)O)CCCC1. The second-order valence-corrected chi connectivity index (χ2v) is 6.53. The van der Waals surface area contributed by atoms with Crippen molar-refractivity contribution < 1.29 is 14.7 Å². The zero-order valence-corrected chi connectivity index (χ0v) is 11.8. The van der Waals surface area contributed by atoms with Crippen LogP contribution in [-0.4, -0.2) is 28.7 Å². The normalized spacial score (nSPS) is 33.1. The predicted octanol–water partition coefficient (Wildman–Crippen LogP) is 2.26. The lowest BCUT2D eigenvalue weighted by Crippen LogP contribution is -2.54. The predicted molar refractivity (Wildman–Crippen MR) is 71.9 cm³/mol. The third kappa shape index (κ3) is 2.85. The van der Waals surface area contributed by atoms with Gasteiger partial charge in [-0.25, -0.2) is 4.79 Å². The summed E-state index contributed by atoms with van der Waals surface area (Å²) in [7, 11) is 0. The number of carbonyl (C=O) groups excluding carboxylic acids is 1. The van der Waals surface area contributed by atoms with E-state index in [1.165, 1.54) is 0 Å². The highest BCUT2D eigenvalue weighted by molar-refractivity contribution is 5.79. The van der Waals surface area contributed by atoms with Crippen molar-refractivity contribution in [3.8, 4) is 0 Å². The van der Waals surface area contributed by atoms with Gasteiger partial charge in [0.1, 0.15) is 0 Å². The zero-order valence-electron chi connectivity index (χ0n) is 11.8. The first-order chi connectivity index (χ1) is 8.86. The summed E-state index contributed by atoms with van der Waals surface area (Å²) in [6.07, 6.45) is 6.52. The quantitative estimate of drug-likeness (QED) is 0.734. The number of carbonyl (C=O) groups is 2. The van der Waals surface area contributed by atoms with Gasteiger partial charge in [-0.3, -0.25) is 4.79 Å². The first-order valence-electron chi connectivity index (χ1n) is 7.18. The molecule has 2 unspecified atom stereocenters. The van der Waals surface area contributed by atoms with Crippen LogP contribution in [0.5, 0.6) is 0 Å². The molecule has 5 heteroatoms. The smallest absolute Gasteiger partial charge is 0.315 e. The lowest BCUT2D eigenvalue weighted by atomic mass is 9.85. The van der Waals surface area contributed by atoms with E-state index in [2.05, 4.69) is 17.6 Å². The lowest BCUT2D eigenvalue weighted by Gasteiger charge is -2.31. The van der Waals surface area contributed by atoms with Gasteiger partial charge >= 0.3 is 12.0 Å². The average molecular weight is 268 g/mol. The largest absolute Gasteiger partial charge is 0.481 e. The Morgan fingerprint density at radius 2 is 1.74 bits per heavy atom. The highest BCUT2D eigenvalue weighted by Gasteiger charge is 2.46. The van der Waals surface area contributed by atoms with E-state index in [0.29, 0.717) is 6.42 Å². The minimum Gasteiger partial charge on any atom is -0.481 e. The maximum Gasteiger partial charge on any atom is 0.315 e. The van der Waals surface area contributed by atoms with Gasteiger partial charge in [-0.05, 0) is 39.5 Å². The van der Waals surface area contributed by atoms with E-state index in [9.17, 15) is 14.7 Å². The summed E-state index contributed by atoms with van der Waals surface area (Å²) in [5, 5.41) is 15.2. The second-order valence-electron chi connectivity index (χ2n) is 6.53. The Morgan fingerprint density at radius 1 is 1.11 bits per heavy atom. The summed E-state index contributed by atoms with van der Waals surface area (Å²) in [6.45, 7) is 3.79. The van der Waals surface area contributed by atoms with Crippen LogP contribution in [0.1, 0.15) is 58.8 Å². The molecule has 2 aliphatic rings. The van der Waals surface area contributed by atoms with Crippen molar-refractivity contribution in [1.29, 1.82) is 0 Å². The highest BCUT2D eigenvalue weighted by Crippen LogP contribution is 2.38. The molecule has 19 heavy (non-hydrogen) atoms. The first-order valence-corrected chi connectivity index (χ1v) is 7.18. The Balaban J connectivity index is 1.93. The van der Waals surface area contributed by atoms with E-state index < -0.39 is 11.4 Å². The second kappa shape index (κ2) is 5.02. The molecule has 2 amide bonds. The van der Waals surface area contributed by atoms with Crippen LogP contribution in [0.2, 0.25) is 0 Å². The van der Waals surface area contributed by atoms with Crippen molar-refractivity contribution in [1.82, 2.24) is 10.6 Å². The van der Waals surface area contributed by atoms with E-state index in [4.69, 9.17) is 0 Å². The topological polar surface area (TPSA) is 78.4 Å². The Kier molecular flexibility index (Phi) is 3.74. The summed E-state index contributed by atoms with van der Waals surface area (Å²) < 4.78 is 0. The zero-order chi connectivity index (χ0) is 14.1. The number of carboxylic acid groups (broad SMARTS) is 1. The average Bonchev–Trinajstić information content (AvgIpc) is 2.87. The van der Waals surface area contributed by atoms with Gasteiger partial charge in [0.25, 0.3) is 0 Å². The van der Waals surface area contributed by atoms with Crippen LogP contribution in [0.4, 0.5) is 4.79 Å². The van der Waals surface area contributed by atoms with Crippen molar-refractivity contribution >= 4 is 12.0 Å². The van der Waals surface area contributed by atoms with Crippen LogP contribution >= 0.6 is 0 Å².